The Kier molecular flexibility index (Phi) is 13.6. The number of hydrogen-bond acceptors (Lipinski definition) is 6. The van der Waals surface area contributed by atoms with Crippen LogP contribution in [0, 0.1) is 0 Å². The number of carbonyl (C=O) groups is 3. The van der Waals surface area contributed by atoms with Gasteiger partial charge in [0.2, 0.25) is 0 Å². The topological polar surface area (TPSA) is 89.9 Å². The smallest absolute Gasteiger partial charge is 0.330 e. The van der Waals surface area contributed by atoms with E-state index in [1.54, 1.807) is 0 Å². The predicted molar refractivity (Wildman–Crippen MR) is 89.5 cm³/mol. The summed E-state index contributed by atoms with van der Waals surface area (Å²) < 4.78 is 9.19. The van der Waals surface area contributed by atoms with Gasteiger partial charge in [-0.2, -0.15) is 0 Å². The number of unbranched alkanes of at least 4 members (excludes halogenated alkanes) is 7. The highest BCUT2D eigenvalue weighted by atomic mass is 32.2. The zero-order valence-corrected chi connectivity index (χ0v) is 14.9. The van der Waals surface area contributed by atoms with Crippen LogP contribution in [-0.4, -0.2) is 48.2 Å². The molecule has 0 aromatic rings. The van der Waals surface area contributed by atoms with E-state index in [2.05, 4.69) is 9.47 Å². The van der Waals surface area contributed by atoms with E-state index < -0.39 is 23.2 Å². The third-order valence-electron chi connectivity index (χ3n) is 3.40. The molecule has 0 atom stereocenters. The molecule has 0 heterocycles. The molecule has 134 valence electrons. The minimum absolute atomic E-state index is 0.263. The first kappa shape index (κ1) is 21.8. The fourth-order valence-corrected chi connectivity index (χ4v) is 3.16. The van der Waals surface area contributed by atoms with Gasteiger partial charge < -0.3 is 14.6 Å². The fourth-order valence-electron chi connectivity index (χ4n) is 2.09. The summed E-state index contributed by atoms with van der Waals surface area (Å²) in [5, 5.41) is 7.63. The van der Waals surface area contributed by atoms with Crippen molar-refractivity contribution in [3.8, 4) is 0 Å². The number of carboxylic acid groups (broad SMARTS) is 1. The minimum Gasteiger partial charge on any atom is -0.481 e. The predicted octanol–water partition coefficient (Wildman–Crippen LogP) is 3.03. The fraction of sp³-hybridized carbons (Fsp3) is 0.812. The van der Waals surface area contributed by atoms with Gasteiger partial charge in [-0.15, -0.1) is 11.8 Å². The SMILES string of the molecule is COC(=O)C(SCCCCCCCCCCC(=O)O)C(=O)OC. The Balaban J connectivity index is 3.55. The first-order valence-electron chi connectivity index (χ1n) is 8.02. The number of esters is 2. The molecule has 0 unspecified atom stereocenters. The van der Waals surface area contributed by atoms with Gasteiger partial charge in [-0.1, -0.05) is 38.5 Å². The Morgan fingerprint density at radius 3 is 1.70 bits per heavy atom. The molecule has 0 aliphatic carbocycles. The molecule has 0 fully saturated rings. The van der Waals surface area contributed by atoms with Gasteiger partial charge in [-0.3, -0.25) is 14.4 Å². The Labute approximate surface area is 142 Å². The van der Waals surface area contributed by atoms with Crippen molar-refractivity contribution < 1.29 is 29.0 Å². The van der Waals surface area contributed by atoms with Gasteiger partial charge in [0.25, 0.3) is 0 Å². The first-order valence-corrected chi connectivity index (χ1v) is 9.06. The molecule has 0 aliphatic heterocycles. The summed E-state index contributed by atoms with van der Waals surface area (Å²) in [6.07, 6.45) is 8.44. The third kappa shape index (κ3) is 11.9. The van der Waals surface area contributed by atoms with Crippen LogP contribution in [0.5, 0.6) is 0 Å². The number of ether oxygens (including phenoxy) is 2. The normalized spacial score (nSPS) is 10.6. The molecule has 0 radical (unpaired) electrons. The van der Waals surface area contributed by atoms with Crippen LogP contribution in [0.1, 0.15) is 57.8 Å². The minimum atomic E-state index is -0.890. The number of hydrogen-bond donors (Lipinski definition) is 1. The van der Waals surface area contributed by atoms with Gasteiger partial charge in [0, 0.05) is 6.42 Å². The van der Waals surface area contributed by atoms with Crippen LogP contribution in [0.4, 0.5) is 0 Å². The van der Waals surface area contributed by atoms with Crippen LogP contribution in [0.3, 0.4) is 0 Å². The van der Waals surface area contributed by atoms with E-state index in [1.165, 1.54) is 26.0 Å². The van der Waals surface area contributed by atoms with E-state index in [1.807, 2.05) is 0 Å². The summed E-state index contributed by atoms with van der Waals surface area (Å²) in [5.74, 6) is -1.14. The second kappa shape index (κ2) is 14.4. The molecule has 0 rings (SSSR count). The highest BCUT2D eigenvalue weighted by Gasteiger charge is 2.28. The molecule has 0 saturated carbocycles. The Morgan fingerprint density at radius 1 is 0.826 bits per heavy atom. The standard InChI is InChI=1S/C16H28O6S/c1-21-15(19)14(16(20)22-2)23-12-10-8-6-4-3-5-7-9-11-13(17)18/h14H,3-12H2,1-2H3,(H,17,18). The molecule has 0 spiro atoms. The average Bonchev–Trinajstić information content (AvgIpc) is 2.54. The lowest BCUT2D eigenvalue weighted by Gasteiger charge is -2.11. The molecule has 0 aromatic carbocycles. The summed E-state index contributed by atoms with van der Waals surface area (Å²) in [5.41, 5.74) is 0. The van der Waals surface area contributed by atoms with Gasteiger partial charge in [-0.25, -0.2) is 0 Å². The van der Waals surface area contributed by atoms with Crippen molar-refractivity contribution in [3.63, 3.8) is 0 Å². The number of thioether (sulfide) groups is 1. The largest absolute Gasteiger partial charge is 0.481 e. The molecule has 7 heteroatoms. The molecule has 6 nitrogen and oxygen atoms in total. The first-order chi connectivity index (χ1) is 11.0. The molecular weight excluding hydrogens is 320 g/mol. The Morgan fingerprint density at radius 2 is 1.26 bits per heavy atom. The van der Waals surface area contributed by atoms with Crippen LogP contribution in [0.15, 0.2) is 0 Å². The monoisotopic (exact) mass is 348 g/mol. The van der Waals surface area contributed by atoms with Crippen LogP contribution in [0.25, 0.3) is 0 Å². The average molecular weight is 348 g/mol. The van der Waals surface area contributed by atoms with Gasteiger partial charge in [0.1, 0.15) is 0 Å². The quantitative estimate of drug-likeness (QED) is 0.293. The molecule has 0 saturated heterocycles. The van der Waals surface area contributed by atoms with E-state index >= 15 is 0 Å². The maximum atomic E-state index is 11.5. The number of methoxy groups -OCH3 is 2. The van der Waals surface area contributed by atoms with Gasteiger partial charge in [0.05, 0.1) is 14.2 Å². The summed E-state index contributed by atoms with van der Waals surface area (Å²) in [7, 11) is 2.52. The van der Waals surface area contributed by atoms with Gasteiger partial charge in [0.15, 0.2) is 5.25 Å². The van der Waals surface area contributed by atoms with E-state index in [-0.39, 0.29) is 6.42 Å². The van der Waals surface area contributed by atoms with Crippen molar-refractivity contribution in [3.05, 3.63) is 0 Å². The summed E-state index contributed by atoms with van der Waals surface area (Å²) >= 11 is 1.26. The van der Waals surface area contributed by atoms with Crippen LogP contribution < -0.4 is 0 Å². The zero-order valence-electron chi connectivity index (χ0n) is 14.0. The maximum Gasteiger partial charge on any atom is 0.330 e. The van der Waals surface area contributed by atoms with Crippen molar-refractivity contribution in [2.45, 2.75) is 63.0 Å². The second-order valence-electron chi connectivity index (χ2n) is 5.27. The molecule has 0 amide bonds. The van der Waals surface area contributed by atoms with Crippen LogP contribution in [0.2, 0.25) is 0 Å². The summed E-state index contributed by atoms with van der Waals surface area (Å²) in [6.45, 7) is 0. The summed E-state index contributed by atoms with van der Waals surface area (Å²) in [6, 6.07) is 0. The highest BCUT2D eigenvalue weighted by molar-refractivity contribution is 8.01. The second-order valence-corrected chi connectivity index (χ2v) is 6.48. The van der Waals surface area contributed by atoms with Gasteiger partial charge >= 0.3 is 17.9 Å². The molecular formula is C16H28O6S. The lowest BCUT2D eigenvalue weighted by molar-refractivity contribution is -0.150. The van der Waals surface area contributed by atoms with Crippen molar-refractivity contribution in [1.29, 1.82) is 0 Å². The molecule has 1 N–H and O–H groups in total. The van der Waals surface area contributed by atoms with E-state index in [0.717, 1.165) is 51.4 Å². The Bertz CT molecular complexity index is 342. The van der Waals surface area contributed by atoms with Gasteiger partial charge in [-0.05, 0) is 18.6 Å². The number of aliphatic carboxylic acids is 1. The van der Waals surface area contributed by atoms with Crippen molar-refractivity contribution in [2.24, 2.45) is 0 Å². The number of rotatable bonds is 14. The third-order valence-corrected chi connectivity index (χ3v) is 4.64. The van der Waals surface area contributed by atoms with E-state index in [0.29, 0.717) is 5.75 Å². The summed E-state index contributed by atoms with van der Waals surface area (Å²) in [4.78, 5) is 33.3. The number of carboxylic acids is 1. The van der Waals surface area contributed by atoms with Crippen LogP contribution in [-0.2, 0) is 23.9 Å². The maximum absolute atomic E-state index is 11.5. The van der Waals surface area contributed by atoms with Crippen molar-refractivity contribution in [2.75, 3.05) is 20.0 Å². The molecule has 0 aromatic heterocycles. The zero-order chi connectivity index (χ0) is 17.5. The molecule has 0 aliphatic rings. The lowest BCUT2D eigenvalue weighted by Crippen LogP contribution is -2.29. The molecule has 23 heavy (non-hydrogen) atoms. The molecule has 0 bridgehead atoms. The Hall–Kier alpha value is -1.24. The van der Waals surface area contributed by atoms with E-state index in [9.17, 15) is 14.4 Å². The lowest BCUT2D eigenvalue weighted by atomic mass is 10.1. The number of carbonyl (C=O) groups excluding carboxylic acids is 2. The highest BCUT2D eigenvalue weighted by Crippen LogP contribution is 2.17. The van der Waals surface area contributed by atoms with E-state index in [4.69, 9.17) is 5.11 Å². The van der Waals surface area contributed by atoms with Crippen molar-refractivity contribution in [1.82, 2.24) is 0 Å². The van der Waals surface area contributed by atoms with Crippen molar-refractivity contribution >= 4 is 29.7 Å². The van der Waals surface area contributed by atoms with Crippen LogP contribution >= 0.6 is 11.8 Å².